The Kier molecular flexibility index (Phi) is 4.72. The minimum atomic E-state index is -0.621. The van der Waals surface area contributed by atoms with Crippen LogP contribution >= 0.6 is 11.6 Å². The zero-order valence-corrected chi connectivity index (χ0v) is 14.3. The predicted molar refractivity (Wildman–Crippen MR) is 98.9 cm³/mol. The Morgan fingerprint density at radius 1 is 1.04 bits per heavy atom. The summed E-state index contributed by atoms with van der Waals surface area (Å²) in [4.78, 5) is 12.4. The van der Waals surface area contributed by atoms with Gasteiger partial charge in [-0.2, -0.15) is 0 Å². The van der Waals surface area contributed by atoms with Gasteiger partial charge in [0, 0.05) is 10.7 Å². The number of rotatable bonds is 4. The van der Waals surface area contributed by atoms with Crippen molar-refractivity contribution in [2.75, 3.05) is 5.32 Å². The molecule has 1 N–H and O–H groups in total. The summed E-state index contributed by atoms with van der Waals surface area (Å²) >= 11 is 6.08. The van der Waals surface area contributed by atoms with E-state index in [0.29, 0.717) is 16.5 Å². The van der Waals surface area contributed by atoms with Gasteiger partial charge in [0.2, 0.25) is 0 Å². The molecule has 0 radical (unpaired) electrons. The Morgan fingerprint density at radius 2 is 1.79 bits per heavy atom. The molecule has 0 heterocycles. The van der Waals surface area contributed by atoms with Crippen LogP contribution in [0.4, 0.5) is 5.69 Å². The molecular weight excluding hydrogens is 322 g/mol. The van der Waals surface area contributed by atoms with Crippen molar-refractivity contribution in [3.63, 3.8) is 0 Å². The lowest BCUT2D eigenvalue weighted by Gasteiger charge is -2.16. The second-order valence-electron chi connectivity index (χ2n) is 5.67. The monoisotopic (exact) mass is 339 g/mol. The van der Waals surface area contributed by atoms with Crippen molar-refractivity contribution in [2.24, 2.45) is 0 Å². The number of amides is 1. The number of anilines is 1. The third-order valence-corrected chi connectivity index (χ3v) is 4.34. The number of nitrogens with one attached hydrogen (secondary N) is 1. The van der Waals surface area contributed by atoms with Gasteiger partial charge in [0.05, 0.1) is 0 Å². The van der Waals surface area contributed by atoms with E-state index in [2.05, 4.69) is 5.32 Å². The maximum Gasteiger partial charge on any atom is 0.265 e. The van der Waals surface area contributed by atoms with Gasteiger partial charge < -0.3 is 10.1 Å². The minimum absolute atomic E-state index is 0.214. The molecule has 0 aliphatic rings. The highest BCUT2D eigenvalue weighted by Gasteiger charge is 2.16. The van der Waals surface area contributed by atoms with E-state index >= 15 is 0 Å². The first kappa shape index (κ1) is 16.3. The zero-order chi connectivity index (χ0) is 17.1. The fraction of sp³-hybridized carbons (Fsp3) is 0.150. The first-order valence-corrected chi connectivity index (χ1v) is 8.14. The fourth-order valence-corrected chi connectivity index (χ4v) is 2.65. The van der Waals surface area contributed by atoms with E-state index in [0.717, 1.165) is 16.3 Å². The van der Waals surface area contributed by atoms with Gasteiger partial charge in [0.15, 0.2) is 6.10 Å². The molecule has 0 spiro atoms. The van der Waals surface area contributed by atoms with Gasteiger partial charge in [-0.25, -0.2) is 0 Å². The first-order valence-electron chi connectivity index (χ1n) is 7.76. The number of carbonyl (C=O) groups is 1. The zero-order valence-electron chi connectivity index (χ0n) is 13.5. The van der Waals surface area contributed by atoms with E-state index in [1.165, 1.54) is 0 Å². The Morgan fingerprint density at radius 3 is 2.58 bits per heavy atom. The lowest BCUT2D eigenvalue weighted by Crippen LogP contribution is -2.30. The molecule has 0 bridgehead atoms. The van der Waals surface area contributed by atoms with Gasteiger partial charge in [-0.05, 0) is 54.4 Å². The molecule has 0 aliphatic heterocycles. The predicted octanol–water partition coefficient (Wildman–Crippen LogP) is 5.21. The van der Waals surface area contributed by atoms with Crippen molar-refractivity contribution in [1.82, 2.24) is 0 Å². The van der Waals surface area contributed by atoms with Crippen LogP contribution in [-0.2, 0) is 4.79 Å². The van der Waals surface area contributed by atoms with E-state index < -0.39 is 6.10 Å². The van der Waals surface area contributed by atoms with Crippen molar-refractivity contribution in [1.29, 1.82) is 0 Å². The van der Waals surface area contributed by atoms with Crippen LogP contribution in [-0.4, -0.2) is 12.0 Å². The van der Waals surface area contributed by atoms with Crippen molar-refractivity contribution in [3.05, 3.63) is 71.2 Å². The molecular formula is C20H18ClNO2. The molecule has 1 amide bonds. The smallest absolute Gasteiger partial charge is 0.265 e. The summed E-state index contributed by atoms with van der Waals surface area (Å²) in [7, 11) is 0. The Bertz CT molecular complexity index is 892. The third kappa shape index (κ3) is 3.52. The number of carbonyl (C=O) groups excluding carboxylic acids is 1. The molecule has 0 aromatic heterocycles. The quantitative estimate of drug-likeness (QED) is 0.708. The third-order valence-electron chi connectivity index (χ3n) is 3.93. The van der Waals surface area contributed by atoms with E-state index in [1.54, 1.807) is 19.1 Å². The normalized spacial score (nSPS) is 12.0. The number of hydrogen-bond acceptors (Lipinski definition) is 2. The highest BCUT2D eigenvalue weighted by atomic mass is 35.5. The molecule has 0 saturated carbocycles. The summed E-state index contributed by atoms with van der Waals surface area (Å²) < 4.78 is 5.78. The van der Waals surface area contributed by atoms with Crippen LogP contribution in [0.2, 0.25) is 5.02 Å². The van der Waals surface area contributed by atoms with E-state index in [9.17, 15) is 4.79 Å². The molecule has 122 valence electrons. The molecule has 3 nitrogen and oxygen atoms in total. The molecule has 3 aromatic rings. The maximum atomic E-state index is 12.4. The van der Waals surface area contributed by atoms with E-state index in [4.69, 9.17) is 16.3 Å². The number of hydrogen-bond donors (Lipinski definition) is 1. The molecule has 24 heavy (non-hydrogen) atoms. The topological polar surface area (TPSA) is 38.3 Å². The molecule has 0 saturated heterocycles. The highest BCUT2D eigenvalue weighted by molar-refractivity contribution is 6.31. The van der Waals surface area contributed by atoms with Crippen LogP contribution in [0.1, 0.15) is 12.5 Å². The lowest BCUT2D eigenvalue weighted by molar-refractivity contribution is -0.122. The molecule has 0 aliphatic carbocycles. The summed E-state index contributed by atoms with van der Waals surface area (Å²) in [5, 5.41) is 5.69. The molecule has 4 heteroatoms. The van der Waals surface area contributed by atoms with Crippen LogP contribution in [0.25, 0.3) is 10.8 Å². The van der Waals surface area contributed by atoms with Crippen molar-refractivity contribution in [2.45, 2.75) is 20.0 Å². The van der Waals surface area contributed by atoms with Gasteiger partial charge in [0.1, 0.15) is 5.75 Å². The summed E-state index contributed by atoms with van der Waals surface area (Å²) in [6.45, 7) is 3.59. The van der Waals surface area contributed by atoms with Gasteiger partial charge in [-0.3, -0.25) is 4.79 Å². The van der Waals surface area contributed by atoms with Gasteiger partial charge in [0.25, 0.3) is 5.91 Å². The molecule has 0 unspecified atom stereocenters. The second-order valence-corrected chi connectivity index (χ2v) is 6.08. The number of benzene rings is 3. The average Bonchev–Trinajstić information content (AvgIpc) is 2.58. The number of fused-ring (bicyclic) bond motifs is 1. The highest BCUT2D eigenvalue weighted by Crippen LogP contribution is 2.24. The van der Waals surface area contributed by atoms with Gasteiger partial charge in [-0.1, -0.05) is 48.0 Å². The second kappa shape index (κ2) is 6.93. The van der Waals surface area contributed by atoms with E-state index in [-0.39, 0.29) is 5.91 Å². The average molecular weight is 340 g/mol. The van der Waals surface area contributed by atoms with E-state index in [1.807, 2.05) is 55.5 Å². The molecule has 3 aromatic carbocycles. The SMILES string of the molecule is Cc1c(Cl)cccc1NC(=O)[C@@H](C)Oc1ccc2ccccc2c1. The van der Waals surface area contributed by atoms with Gasteiger partial charge >= 0.3 is 0 Å². The van der Waals surface area contributed by atoms with Crippen LogP contribution in [0.5, 0.6) is 5.75 Å². The summed E-state index contributed by atoms with van der Waals surface area (Å²) in [5.74, 6) is 0.452. The maximum absolute atomic E-state index is 12.4. The van der Waals surface area contributed by atoms with Crippen molar-refractivity contribution < 1.29 is 9.53 Å². The summed E-state index contributed by atoms with van der Waals surface area (Å²) in [6, 6.07) is 19.2. The van der Waals surface area contributed by atoms with Gasteiger partial charge in [-0.15, -0.1) is 0 Å². The number of halogens is 1. The first-order chi connectivity index (χ1) is 11.5. The molecule has 3 rings (SSSR count). The summed E-state index contributed by atoms with van der Waals surface area (Å²) in [6.07, 6.45) is -0.621. The minimum Gasteiger partial charge on any atom is -0.481 e. The Labute approximate surface area is 146 Å². The van der Waals surface area contributed by atoms with Crippen LogP contribution in [0, 0.1) is 6.92 Å². The van der Waals surface area contributed by atoms with Crippen LogP contribution < -0.4 is 10.1 Å². The Hall–Kier alpha value is -2.52. The Balaban J connectivity index is 1.72. The number of ether oxygens (including phenoxy) is 1. The lowest BCUT2D eigenvalue weighted by atomic mass is 10.1. The van der Waals surface area contributed by atoms with Crippen molar-refractivity contribution in [3.8, 4) is 5.75 Å². The van der Waals surface area contributed by atoms with Crippen molar-refractivity contribution >= 4 is 34.0 Å². The fourth-order valence-electron chi connectivity index (χ4n) is 2.48. The van der Waals surface area contributed by atoms with Crippen LogP contribution in [0.15, 0.2) is 60.7 Å². The summed E-state index contributed by atoms with van der Waals surface area (Å²) in [5.41, 5.74) is 1.53. The molecule has 0 fully saturated rings. The van der Waals surface area contributed by atoms with Crippen LogP contribution in [0.3, 0.4) is 0 Å². The largest absolute Gasteiger partial charge is 0.481 e. The molecule has 1 atom stereocenters. The standard InChI is InChI=1S/C20H18ClNO2/c1-13-18(21)8-5-9-19(13)22-20(23)14(2)24-17-11-10-15-6-3-4-7-16(15)12-17/h3-12,14H,1-2H3,(H,22,23)/t14-/m1/s1.